The third-order valence-corrected chi connectivity index (χ3v) is 4.28. The van der Waals surface area contributed by atoms with Gasteiger partial charge in [0.05, 0.1) is 6.42 Å². The average molecular weight is 359 g/mol. The summed E-state index contributed by atoms with van der Waals surface area (Å²) in [4.78, 5) is 36.9. The number of ketones is 3. The number of fused-ring (bicyclic) bond motifs is 1. The van der Waals surface area contributed by atoms with Gasteiger partial charge < -0.3 is 5.11 Å². The van der Waals surface area contributed by atoms with Crippen LogP contribution in [-0.2, 0) is 0 Å². The lowest BCUT2D eigenvalue weighted by Gasteiger charge is -2.18. The zero-order valence-corrected chi connectivity index (χ0v) is 13.0. The molecule has 4 nitrogen and oxygen atoms in total. The smallest absolute Gasteiger partial charge is 0.203 e. The molecule has 2 aromatic rings. The van der Waals surface area contributed by atoms with Gasteiger partial charge in [-0.15, -0.1) is 0 Å². The molecule has 1 N–H and O–H groups in total. The summed E-state index contributed by atoms with van der Waals surface area (Å²) in [6, 6.07) is 12.7. The molecular weight excluding hydrogens is 348 g/mol. The number of carbonyl (C=O) groups is 3. The molecule has 22 heavy (non-hydrogen) atoms. The first-order valence-electron chi connectivity index (χ1n) is 6.63. The van der Waals surface area contributed by atoms with E-state index >= 15 is 0 Å². The highest BCUT2D eigenvalue weighted by Crippen LogP contribution is 2.33. The van der Waals surface area contributed by atoms with Crippen LogP contribution < -0.4 is 0 Å². The van der Waals surface area contributed by atoms with E-state index in [0.29, 0.717) is 5.56 Å². The van der Waals surface area contributed by atoms with E-state index < -0.39 is 29.4 Å². The van der Waals surface area contributed by atoms with Crippen molar-refractivity contribution in [1.29, 1.82) is 0 Å². The van der Waals surface area contributed by atoms with Crippen molar-refractivity contribution in [2.45, 2.75) is 12.0 Å². The monoisotopic (exact) mass is 358 g/mol. The van der Waals surface area contributed by atoms with E-state index in [1.807, 2.05) is 0 Å². The van der Waals surface area contributed by atoms with Crippen LogP contribution in [0.15, 0.2) is 53.0 Å². The van der Waals surface area contributed by atoms with E-state index in [-0.39, 0.29) is 11.1 Å². The van der Waals surface area contributed by atoms with Crippen LogP contribution in [0.5, 0.6) is 0 Å². The predicted molar refractivity (Wildman–Crippen MR) is 83.1 cm³/mol. The molecule has 2 aromatic carbocycles. The van der Waals surface area contributed by atoms with Gasteiger partial charge in [-0.05, 0) is 12.1 Å². The standard InChI is InChI=1S/C17H11BrO4/c18-11-7-5-10(6-8-11)14(19)9-17(22)15(20)12-3-1-2-4-13(12)16(17)21/h1-8,22H,9H2. The van der Waals surface area contributed by atoms with Crippen molar-refractivity contribution in [3.8, 4) is 0 Å². The molecule has 1 aliphatic rings. The molecule has 5 heteroatoms. The van der Waals surface area contributed by atoms with Gasteiger partial charge in [-0.3, -0.25) is 14.4 Å². The Hall–Kier alpha value is -2.11. The number of hydrogen-bond donors (Lipinski definition) is 1. The third-order valence-electron chi connectivity index (χ3n) is 3.75. The van der Waals surface area contributed by atoms with Gasteiger partial charge in [-0.2, -0.15) is 0 Å². The third kappa shape index (κ3) is 2.23. The summed E-state index contributed by atoms with van der Waals surface area (Å²) in [5.74, 6) is -1.87. The van der Waals surface area contributed by atoms with Crippen molar-refractivity contribution >= 4 is 33.3 Å². The van der Waals surface area contributed by atoms with E-state index in [2.05, 4.69) is 15.9 Å². The van der Waals surface area contributed by atoms with Crippen molar-refractivity contribution in [1.82, 2.24) is 0 Å². The van der Waals surface area contributed by atoms with Crippen LogP contribution in [0, 0.1) is 0 Å². The van der Waals surface area contributed by atoms with Crippen LogP contribution in [0.1, 0.15) is 37.5 Å². The SMILES string of the molecule is O=C(CC1(O)C(=O)c2ccccc2C1=O)c1ccc(Br)cc1. The number of carbonyl (C=O) groups excluding carboxylic acids is 3. The summed E-state index contributed by atoms with van der Waals surface area (Å²) in [7, 11) is 0. The van der Waals surface area contributed by atoms with Gasteiger partial charge in [0, 0.05) is 21.2 Å². The molecule has 0 amide bonds. The molecule has 0 unspecified atom stereocenters. The van der Waals surface area contributed by atoms with Crippen molar-refractivity contribution in [3.05, 3.63) is 69.7 Å². The maximum absolute atomic E-state index is 12.3. The quantitative estimate of drug-likeness (QED) is 0.676. The predicted octanol–water partition coefficient (Wildman–Crippen LogP) is 2.83. The number of halogens is 1. The highest BCUT2D eigenvalue weighted by atomic mass is 79.9. The molecule has 0 fully saturated rings. The van der Waals surface area contributed by atoms with Crippen molar-refractivity contribution in [2.75, 3.05) is 0 Å². The molecule has 0 atom stereocenters. The number of benzene rings is 2. The van der Waals surface area contributed by atoms with Gasteiger partial charge in [0.2, 0.25) is 11.6 Å². The summed E-state index contributed by atoms with van der Waals surface area (Å²) >= 11 is 3.26. The summed E-state index contributed by atoms with van der Waals surface area (Å²) in [5.41, 5.74) is -1.63. The second kappa shape index (κ2) is 5.26. The minimum absolute atomic E-state index is 0.165. The summed E-state index contributed by atoms with van der Waals surface area (Å²) in [6.07, 6.45) is -0.555. The fourth-order valence-electron chi connectivity index (χ4n) is 2.56. The maximum atomic E-state index is 12.3. The van der Waals surface area contributed by atoms with Gasteiger partial charge in [-0.1, -0.05) is 52.3 Å². The second-order valence-electron chi connectivity index (χ2n) is 5.17. The molecule has 0 aliphatic heterocycles. The normalized spacial score (nSPS) is 15.7. The molecule has 110 valence electrons. The maximum Gasteiger partial charge on any atom is 0.203 e. The van der Waals surface area contributed by atoms with Gasteiger partial charge in [0.15, 0.2) is 11.4 Å². The van der Waals surface area contributed by atoms with Crippen LogP contribution in [-0.4, -0.2) is 28.1 Å². The first kappa shape index (κ1) is 14.8. The molecule has 0 spiro atoms. The zero-order chi connectivity index (χ0) is 15.9. The molecule has 3 rings (SSSR count). The molecule has 0 aromatic heterocycles. The van der Waals surface area contributed by atoms with Crippen LogP contribution in [0.4, 0.5) is 0 Å². The molecule has 0 heterocycles. The van der Waals surface area contributed by atoms with Gasteiger partial charge in [-0.25, -0.2) is 0 Å². The van der Waals surface area contributed by atoms with E-state index in [0.717, 1.165) is 4.47 Å². The number of aliphatic hydroxyl groups is 1. The molecule has 0 saturated heterocycles. The molecule has 0 radical (unpaired) electrons. The highest BCUT2D eigenvalue weighted by molar-refractivity contribution is 9.10. The van der Waals surface area contributed by atoms with E-state index in [4.69, 9.17) is 0 Å². The first-order valence-corrected chi connectivity index (χ1v) is 7.42. The highest BCUT2D eigenvalue weighted by Gasteiger charge is 2.52. The minimum atomic E-state index is -2.30. The molecule has 1 aliphatic carbocycles. The zero-order valence-electron chi connectivity index (χ0n) is 11.4. The van der Waals surface area contributed by atoms with Crippen LogP contribution in [0.3, 0.4) is 0 Å². The Morgan fingerprint density at radius 3 is 1.95 bits per heavy atom. The Bertz CT molecular complexity index is 758. The lowest BCUT2D eigenvalue weighted by Crippen LogP contribution is -2.43. The fourth-order valence-corrected chi connectivity index (χ4v) is 2.82. The van der Waals surface area contributed by atoms with E-state index in [1.54, 1.807) is 36.4 Å². The van der Waals surface area contributed by atoms with Crippen LogP contribution in [0.2, 0.25) is 0 Å². The van der Waals surface area contributed by atoms with Crippen LogP contribution >= 0.6 is 15.9 Å². The number of rotatable bonds is 3. The molecular formula is C17H11BrO4. The second-order valence-corrected chi connectivity index (χ2v) is 6.09. The van der Waals surface area contributed by atoms with Gasteiger partial charge >= 0.3 is 0 Å². The summed E-state index contributed by atoms with van der Waals surface area (Å²) in [5, 5.41) is 10.5. The summed E-state index contributed by atoms with van der Waals surface area (Å²) < 4.78 is 0.809. The van der Waals surface area contributed by atoms with E-state index in [9.17, 15) is 19.5 Å². The fraction of sp³-hybridized carbons (Fsp3) is 0.118. The lowest BCUT2D eigenvalue weighted by atomic mass is 9.89. The van der Waals surface area contributed by atoms with Crippen molar-refractivity contribution in [2.24, 2.45) is 0 Å². The Balaban J connectivity index is 1.92. The lowest BCUT2D eigenvalue weighted by molar-refractivity contribution is 0.0295. The first-order chi connectivity index (χ1) is 10.4. The van der Waals surface area contributed by atoms with Crippen molar-refractivity contribution < 1.29 is 19.5 Å². The topological polar surface area (TPSA) is 71.4 Å². The molecule has 0 saturated carbocycles. The van der Waals surface area contributed by atoms with Crippen molar-refractivity contribution in [3.63, 3.8) is 0 Å². The summed E-state index contributed by atoms with van der Waals surface area (Å²) in [6.45, 7) is 0. The number of hydrogen-bond acceptors (Lipinski definition) is 4. The Morgan fingerprint density at radius 1 is 0.955 bits per heavy atom. The average Bonchev–Trinajstić information content (AvgIpc) is 2.70. The van der Waals surface area contributed by atoms with Gasteiger partial charge in [0.1, 0.15) is 0 Å². The minimum Gasteiger partial charge on any atom is -0.374 e. The Kier molecular flexibility index (Phi) is 3.54. The Morgan fingerprint density at radius 2 is 1.45 bits per heavy atom. The van der Waals surface area contributed by atoms with Gasteiger partial charge in [0.25, 0.3) is 0 Å². The largest absolute Gasteiger partial charge is 0.374 e. The molecule has 0 bridgehead atoms. The number of Topliss-reactive ketones (excluding diaryl/α,β-unsaturated/α-hetero) is 3. The van der Waals surface area contributed by atoms with E-state index in [1.165, 1.54) is 12.1 Å². The van der Waals surface area contributed by atoms with Crippen LogP contribution in [0.25, 0.3) is 0 Å². The Labute approximate surface area is 134 Å².